The number of hydrogen-bond donors (Lipinski definition) is 3. The lowest BCUT2D eigenvalue weighted by Crippen LogP contribution is -2.34. The maximum atomic E-state index is 11.9. The average Bonchev–Trinajstić information content (AvgIpc) is 3.12. The van der Waals surface area contributed by atoms with Crippen molar-refractivity contribution in [3.05, 3.63) is 48.4 Å². The molecule has 0 bridgehead atoms. The number of amides is 2. The predicted molar refractivity (Wildman–Crippen MR) is 97.4 cm³/mol. The maximum Gasteiger partial charge on any atom is 0.291 e. The molecule has 3 N–H and O–H groups in total. The number of ether oxygens (including phenoxy) is 1. The second kappa shape index (κ2) is 11.1. The zero-order chi connectivity index (χ0) is 17.2. The number of rotatable bonds is 9. The second-order valence-electron chi connectivity index (χ2n) is 4.95. The molecule has 1 heterocycles. The highest BCUT2D eigenvalue weighted by molar-refractivity contribution is 6.02. The summed E-state index contributed by atoms with van der Waals surface area (Å²) in [6, 6.07) is 10.0. The fourth-order valence-electron chi connectivity index (χ4n) is 1.93. The molecule has 8 heteroatoms. The van der Waals surface area contributed by atoms with Gasteiger partial charge in [0.05, 0.1) is 6.26 Å². The summed E-state index contributed by atoms with van der Waals surface area (Å²) in [5.41, 5.74) is 0.557. The van der Waals surface area contributed by atoms with Crippen LogP contribution >= 0.6 is 12.4 Å². The van der Waals surface area contributed by atoms with Gasteiger partial charge in [-0.1, -0.05) is 13.0 Å². The highest BCUT2D eigenvalue weighted by Gasteiger charge is 2.09. The van der Waals surface area contributed by atoms with Crippen LogP contribution in [0, 0.1) is 0 Å². The Hall–Kier alpha value is -2.51. The van der Waals surface area contributed by atoms with Gasteiger partial charge < -0.3 is 25.1 Å². The van der Waals surface area contributed by atoms with Gasteiger partial charge >= 0.3 is 0 Å². The molecule has 0 aliphatic carbocycles. The van der Waals surface area contributed by atoms with Crippen LogP contribution in [0.25, 0.3) is 0 Å². The summed E-state index contributed by atoms with van der Waals surface area (Å²) >= 11 is 0. The van der Waals surface area contributed by atoms with Crippen molar-refractivity contribution in [2.24, 2.45) is 0 Å². The van der Waals surface area contributed by atoms with E-state index in [2.05, 4.69) is 16.0 Å². The molecule has 2 rings (SSSR count). The number of hydrogen-bond acceptors (Lipinski definition) is 5. The molecule has 25 heavy (non-hydrogen) atoms. The van der Waals surface area contributed by atoms with Crippen molar-refractivity contribution in [1.29, 1.82) is 0 Å². The molecular weight excluding hydrogens is 346 g/mol. The van der Waals surface area contributed by atoms with Crippen LogP contribution in [-0.4, -0.2) is 38.1 Å². The van der Waals surface area contributed by atoms with E-state index in [4.69, 9.17) is 9.15 Å². The lowest BCUT2D eigenvalue weighted by Gasteiger charge is -2.09. The second-order valence-corrected chi connectivity index (χ2v) is 4.95. The van der Waals surface area contributed by atoms with Crippen molar-refractivity contribution in [2.45, 2.75) is 6.92 Å². The normalized spacial score (nSPS) is 9.80. The number of anilines is 1. The van der Waals surface area contributed by atoms with Gasteiger partial charge in [-0.2, -0.15) is 0 Å². The Morgan fingerprint density at radius 3 is 2.72 bits per heavy atom. The van der Waals surface area contributed by atoms with Crippen LogP contribution in [0.3, 0.4) is 0 Å². The van der Waals surface area contributed by atoms with Gasteiger partial charge in [0.2, 0.25) is 0 Å². The third-order valence-electron chi connectivity index (χ3n) is 3.08. The van der Waals surface area contributed by atoms with Crippen LogP contribution in [0.15, 0.2) is 47.1 Å². The number of nitrogens with one attached hydrogen (secondary N) is 3. The summed E-state index contributed by atoms with van der Waals surface area (Å²) in [5, 5.41) is 8.55. The van der Waals surface area contributed by atoms with E-state index < -0.39 is 0 Å². The van der Waals surface area contributed by atoms with E-state index in [9.17, 15) is 9.59 Å². The molecule has 0 atom stereocenters. The molecule has 0 radical (unpaired) electrons. The molecule has 0 aliphatic heterocycles. The summed E-state index contributed by atoms with van der Waals surface area (Å²) in [5.74, 6) is 0.173. The SMILES string of the molecule is CCNCCNC(=O)COc1cccc(NC(=O)c2ccco2)c1.Cl. The maximum absolute atomic E-state index is 11.9. The molecule has 2 aromatic rings. The largest absolute Gasteiger partial charge is 0.484 e. The van der Waals surface area contributed by atoms with Crippen molar-refractivity contribution < 1.29 is 18.7 Å². The first-order valence-electron chi connectivity index (χ1n) is 7.74. The third kappa shape index (κ3) is 7.28. The van der Waals surface area contributed by atoms with Crippen molar-refractivity contribution in [3.8, 4) is 5.75 Å². The van der Waals surface area contributed by atoms with Gasteiger partial charge in [-0.15, -0.1) is 12.4 Å². The number of carbonyl (C=O) groups is 2. The molecule has 0 aliphatic rings. The Labute approximate surface area is 152 Å². The van der Waals surface area contributed by atoms with E-state index in [1.165, 1.54) is 6.26 Å². The zero-order valence-corrected chi connectivity index (χ0v) is 14.7. The average molecular weight is 368 g/mol. The molecule has 2 amide bonds. The molecule has 7 nitrogen and oxygen atoms in total. The molecular formula is C17H22ClN3O4. The lowest BCUT2D eigenvalue weighted by molar-refractivity contribution is -0.123. The highest BCUT2D eigenvalue weighted by Crippen LogP contribution is 2.18. The van der Waals surface area contributed by atoms with Gasteiger partial charge in [-0.05, 0) is 30.8 Å². The molecule has 1 aromatic carbocycles. The first-order chi connectivity index (χ1) is 11.7. The van der Waals surface area contributed by atoms with Crippen molar-refractivity contribution in [3.63, 3.8) is 0 Å². The fourth-order valence-corrected chi connectivity index (χ4v) is 1.93. The molecule has 136 valence electrons. The van der Waals surface area contributed by atoms with E-state index in [0.29, 0.717) is 18.0 Å². The van der Waals surface area contributed by atoms with Crippen molar-refractivity contribution in [2.75, 3.05) is 31.6 Å². The summed E-state index contributed by atoms with van der Waals surface area (Å²) < 4.78 is 10.5. The van der Waals surface area contributed by atoms with Gasteiger partial charge in [-0.3, -0.25) is 9.59 Å². The van der Waals surface area contributed by atoms with Crippen LogP contribution in [0.1, 0.15) is 17.5 Å². The monoisotopic (exact) mass is 367 g/mol. The van der Waals surface area contributed by atoms with E-state index in [1.54, 1.807) is 36.4 Å². The molecule has 0 unspecified atom stereocenters. The van der Waals surface area contributed by atoms with Crippen LogP contribution in [-0.2, 0) is 4.79 Å². The summed E-state index contributed by atoms with van der Waals surface area (Å²) in [4.78, 5) is 23.6. The van der Waals surface area contributed by atoms with Crippen molar-refractivity contribution in [1.82, 2.24) is 10.6 Å². The number of carbonyl (C=O) groups excluding carboxylic acids is 2. The molecule has 0 saturated heterocycles. The molecule has 0 spiro atoms. The summed E-state index contributed by atoms with van der Waals surface area (Å²) in [6.07, 6.45) is 1.43. The first-order valence-corrected chi connectivity index (χ1v) is 7.74. The van der Waals surface area contributed by atoms with Crippen LogP contribution in [0.2, 0.25) is 0 Å². The lowest BCUT2D eigenvalue weighted by atomic mass is 10.3. The predicted octanol–water partition coefficient (Wildman–Crippen LogP) is 2.06. The standard InChI is InChI=1S/C17H21N3O4.ClH/c1-2-18-8-9-19-16(21)12-24-14-6-3-5-13(11-14)20-17(22)15-7-4-10-23-15;/h3-7,10-11,18H,2,8-9,12H2,1H3,(H,19,21)(H,20,22);1H. The Kier molecular flexibility index (Phi) is 9.13. The molecule has 0 fully saturated rings. The minimum absolute atomic E-state index is 0. The number of halogens is 1. The van der Waals surface area contributed by atoms with Crippen LogP contribution < -0.4 is 20.7 Å². The topological polar surface area (TPSA) is 92.6 Å². The Bertz CT molecular complexity index is 662. The van der Waals surface area contributed by atoms with E-state index in [-0.39, 0.29) is 36.6 Å². The Morgan fingerprint density at radius 2 is 2.00 bits per heavy atom. The third-order valence-corrected chi connectivity index (χ3v) is 3.08. The van der Waals surface area contributed by atoms with E-state index >= 15 is 0 Å². The van der Waals surface area contributed by atoms with E-state index in [0.717, 1.165) is 13.1 Å². The van der Waals surface area contributed by atoms with Gasteiger partial charge in [-0.25, -0.2) is 0 Å². The Balaban J connectivity index is 0.00000312. The van der Waals surface area contributed by atoms with Gasteiger partial charge in [0, 0.05) is 24.8 Å². The highest BCUT2D eigenvalue weighted by atomic mass is 35.5. The quantitative estimate of drug-likeness (QED) is 0.590. The zero-order valence-electron chi connectivity index (χ0n) is 13.9. The molecule has 1 aromatic heterocycles. The number of likely N-dealkylation sites (N-methyl/N-ethyl adjacent to an activating group) is 1. The number of furan rings is 1. The minimum atomic E-state index is -0.349. The van der Waals surface area contributed by atoms with Gasteiger partial charge in [0.25, 0.3) is 11.8 Å². The van der Waals surface area contributed by atoms with Crippen molar-refractivity contribution >= 4 is 29.9 Å². The smallest absolute Gasteiger partial charge is 0.291 e. The fraction of sp³-hybridized carbons (Fsp3) is 0.294. The summed E-state index contributed by atoms with van der Waals surface area (Å²) in [7, 11) is 0. The first kappa shape index (κ1) is 20.5. The van der Waals surface area contributed by atoms with Gasteiger partial charge in [0.1, 0.15) is 5.75 Å². The Morgan fingerprint density at radius 1 is 1.16 bits per heavy atom. The minimum Gasteiger partial charge on any atom is -0.484 e. The van der Waals surface area contributed by atoms with Crippen LogP contribution in [0.5, 0.6) is 5.75 Å². The number of benzene rings is 1. The van der Waals surface area contributed by atoms with Crippen LogP contribution in [0.4, 0.5) is 5.69 Å². The molecule has 0 saturated carbocycles. The summed E-state index contributed by atoms with van der Waals surface area (Å²) in [6.45, 7) is 4.05. The van der Waals surface area contributed by atoms with E-state index in [1.807, 2.05) is 6.92 Å². The van der Waals surface area contributed by atoms with Gasteiger partial charge in [0.15, 0.2) is 12.4 Å².